The van der Waals surface area contributed by atoms with Gasteiger partial charge >= 0.3 is 0 Å². The molecule has 0 heterocycles. The van der Waals surface area contributed by atoms with E-state index in [2.05, 4.69) is 0 Å². The molecule has 0 aliphatic carbocycles. The maximum atomic E-state index is 5.88. The van der Waals surface area contributed by atoms with Crippen molar-refractivity contribution < 1.29 is 4.74 Å². The van der Waals surface area contributed by atoms with Crippen molar-refractivity contribution in [2.75, 3.05) is 7.11 Å². The van der Waals surface area contributed by atoms with Gasteiger partial charge in [0.2, 0.25) is 0 Å². The Balaban J connectivity index is 0.00000169. The van der Waals surface area contributed by atoms with Crippen LogP contribution in [0.1, 0.15) is 17.2 Å². The first kappa shape index (κ1) is 13.4. The summed E-state index contributed by atoms with van der Waals surface area (Å²) in [7, 11) is 1.54. The number of benzene rings is 1. The number of nitrogens with two attached hydrogens (primary N) is 1. The second kappa shape index (κ2) is 5.96. The molecule has 0 bridgehead atoms. The fourth-order valence-corrected chi connectivity index (χ4v) is 1.32. The summed E-state index contributed by atoms with van der Waals surface area (Å²) in [4.78, 5) is 0. The third-order valence-electron chi connectivity index (χ3n) is 1.98. The number of hydrogen-bond acceptors (Lipinski definition) is 3. The van der Waals surface area contributed by atoms with E-state index < -0.39 is 0 Å². The lowest BCUT2D eigenvalue weighted by atomic mass is 10.0. The number of aryl methyl sites for hydroxylation is 1. The van der Waals surface area contributed by atoms with Gasteiger partial charge in [-0.05, 0) is 30.3 Å². The summed E-state index contributed by atoms with van der Waals surface area (Å²) < 4.78 is 4.93. The molecular formula is C10H14ClNOS. The van der Waals surface area contributed by atoms with E-state index in [1.54, 1.807) is 7.11 Å². The molecule has 1 aromatic rings. The molecule has 2 N–H and O–H groups in total. The van der Waals surface area contributed by atoms with Gasteiger partial charge in [-0.2, -0.15) is 0 Å². The van der Waals surface area contributed by atoms with Gasteiger partial charge in [0.1, 0.15) is 0 Å². The van der Waals surface area contributed by atoms with Gasteiger partial charge in [-0.3, -0.25) is 0 Å². The molecule has 0 radical (unpaired) electrons. The van der Waals surface area contributed by atoms with Gasteiger partial charge in [0.15, 0.2) is 5.05 Å². The highest BCUT2D eigenvalue weighted by molar-refractivity contribution is 7.80. The van der Waals surface area contributed by atoms with Crippen molar-refractivity contribution in [2.45, 2.75) is 13.0 Å². The minimum Gasteiger partial charge on any atom is -0.488 e. The van der Waals surface area contributed by atoms with E-state index in [0.717, 1.165) is 11.1 Å². The van der Waals surface area contributed by atoms with Crippen LogP contribution < -0.4 is 5.73 Å². The Hall–Kier alpha value is -0.640. The first-order valence-corrected chi connectivity index (χ1v) is 4.46. The van der Waals surface area contributed by atoms with Crippen LogP contribution in [0.2, 0.25) is 0 Å². The molecule has 1 rings (SSSR count). The summed E-state index contributed by atoms with van der Waals surface area (Å²) in [5.41, 5.74) is 8.04. The Labute approximate surface area is 95.9 Å². The summed E-state index contributed by atoms with van der Waals surface area (Å²) in [5.74, 6) is 0. The van der Waals surface area contributed by atoms with Crippen LogP contribution in [0.15, 0.2) is 24.3 Å². The van der Waals surface area contributed by atoms with Crippen LogP contribution in [0.5, 0.6) is 0 Å². The predicted octanol–water partition coefficient (Wildman–Crippen LogP) is 2.39. The molecule has 2 nitrogen and oxygen atoms in total. The standard InChI is InChI=1S/C10H13NOS.ClH/c1-7-5-3-4-6-8(7)9(11)10(13)12-2;/h3-6,9H,11H2,1-2H3;1H. The lowest BCUT2D eigenvalue weighted by Crippen LogP contribution is -2.21. The van der Waals surface area contributed by atoms with Crippen LogP contribution >= 0.6 is 24.6 Å². The highest BCUT2D eigenvalue weighted by Crippen LogP contribution is 2.16. The third-order valence-corrected chi connectivity index (χ3v) is 2.40. The fraction of sp³-hybridized carbons (Fsp3) is 0.300. The SMILES string of the molecule is COC(=S)C(N)c1ccccc1C.Cl. The normalized spacial score (nSPS) is 11.4. The number of rotatable bonds is 2. The molecule has 0 aliphatic heterocycles. The lowest BCUT2D eigenvalue weighted by Gasteiger charge is -2.14. The van der Waals surface area contributed by atoms with Crippen molar-refractivity contribution in [3.63, 3.8) is 0 Å². The summed E-state index contributed by atoms with van der Waals surface area (Å²) in [5, 5.41) is 0.425. The number of hydrogen-bond donors (Lipinski definition) is 1. The van der Waals surface area contributed by atoms with E-state index in [1.165, 1.54) is 0 Å². The molecule has 4 heteroatoms. The van der Waals surface area contributed by atoms with Gasteiger partial charge < -0.3 is 10.5 Å². The van der Waals surface area contributed by atoms with Crippen molar-refractivity contribution in [3.05, 3.63) is 35.4 Å². The van der Waals surface area contributed by atoms with Crippen LogP contribution in [-0.2, 0) is 4.74 Å². The average molecular weight is 232 g/mol. The topological polar surface area (TPSA) is 35.2 Å². The van der Waals surface area contributed by atoms with Gasteiger partial charge in [-0.25, -0.2) is 0 Å². The molecule has 0 aliphatic rings. The van der Waals surface area contributed by atoms with Crippen molar-refractivity contribution in [1.29, 1.82) is 0 Å². The van der Waals surface area contributed by atoms with E-state index in [-0.39, 0.29) is 18.4 Å². The highest BCUT2D eigenvalue weighted by atomic mass is 35.5. The lowest BCUT2D eigenvalue weighted by molar-refractivity contribution is 0.395. The second-order valence-electron chi connectivity index (χ2n) is 2.86. The summed E-state index contributed by atoms with van der Waals surface area (Å²) >= 11 is 4.97. The number of ether oxygens (including phenoxy) is 1. The van der Waals surface area contributed by atoms with E-state index in [1.807, 2.05) is 31.2 Å². The maximum absolute atomic E-state index is 5.88. The van der Waals surface area contributed by atoms with Gasteiger partial charge in [0.05, 0.1) is 13.2 Å². The van der Waals surface area contributed by atoms with Gasteiger partial charge in [-0.15, -0.1) is 12.4 Å². The Bertz CT molecular complexity index is 317. The first-order chi connectivity index (χ1) is 6.16. The van der Waals surface area contributed by atoms with Crippen LogP contribution in [0.4, 0.5) is 0 Å². The molecule has 0 fully saturated rings. The monoisotopic (exact) mass is 231 g/mol. The highest BCUT2D eigenvalue weighted by Gasteiger charge is 2.13. The first-order valence-electron chi connectivity index (χ1n) is 4.05. The zero-order valence-corrected chi connectivity index (χ0v) is 9.82. The zero-order valence-electron chi connectivity index (χ0n) is 8.19. The van der Waals surface area contributed by atoms with E-state index in [9.17, 15) is 0 Å². The number of thiocarbonyl (C=S) groups is 1. The van der Waals surface area contributed by atoms with Crippen molar-refractivity contribution in [3.8, 4) is 0 Å². The summed E-state index contributed by atoms with van der Waals surface area (Å²) in [6.45, 7) is 2.01. The number of methoxy groups -OCH3 is 1. The summed E-state index contributed by atoms with van der Waals surface area (Å²) in [6.07, 6.45) is 0. The second-order valence-corrected chi connectivity index (χ2v) is 3.26. The molecular weight excluding hydrogens is 218 g/mol. The molecule has 78 valence electrons. The predicted molar refractivity (Wildman–Crippen MR) is 65.0 cm³/mol. The molecule has 1 aromatic carbocycles. The minimum absolute atomic E-state index is 0. The average Bonchev–Trinajstić information content (AvgIpc) is 2.16. The smallest absolute Gasteiger partial charge is 0.180 e. The molecule has 0 aromatic heterocycles. The Morgan fingerprint density at radius 3 is 2.50 bits per heavy atom. The van der Waals surface area contributed by atoms with E-state index in [4.69, 9.17) is 22.7 Å². The van der Waals surface area contributed by atoms with Crippen LogP contribution in [0.3, 0.4) is 0 Å². The largest absolute Gasteiger partial charge is 0.488 e. The van der Waals surface area contributed by atoms with Crippen molar-refractivity contribution in [1.82, 2.24) is 0 Å². The molecule has 0 saturated heterocycles. The maximum Gasteiger partial charge on any atom is 0.180 e. The Morgan fingerprint density at radius 1 is 1.43 bits per heavy atom. The molecule has 0 spiro atoms. The van der Waals surface area contributed by atoms with Crippen molar-refractivity contribution >= 4 is 29.7 Å². The zero-order chi connectivity index (χ0) is 9.84. The Morgan fingerprint density at radius 2 is 2.00 bits per heavy atom. The third kappa shape index (κ3) is 2.94. The molecule has 1 atom stereocenters. The van der Waals surface area contributed by atoms with Crippen molar-refractivity contribution in [2.24, 2.45) is 5.73 Å². The van der Waals surface area contributed by atoms with Crippen LogP contribution in [0, 0.1) is 6.92 Å². The van der Waals surface area contributed by atoms with Gasteiger partial charge in [-0.1, -0.05) is 24.3 Å². The molecule has 0 saturated carbocycles. The summed E-state index contributed by atoms with van der Waals surface area (Å²) in [6, 6.07) is 7.59. The van der Waals surface area contributed by atoms with Crippen LogP contribution in [0.25, 0.3) is 0 Å². The molecule has 1 unspecified atom stereocenters. The number of halogens is 1. The van der Waals surface area contributed by atoms with Gasteiger partial charge in [0.25, 0.3) is 0 Å². The van der Waals surface area contributed by atoms with Crippen LogP contribution in [-0.4, -0.2) is 12.2 Å². The molecule has 14 heavy (non-hydrogen) atoms. The Kier molecular flexibility index (Phi) is 5.69. The van der Waals surface area contributed by atoms with Gasteiger partial charge in [0, 0.05) is 0 Å². The fourth-order valence-electron chi connectivity index (χ4n) is 1.19. The van der Waals surface area contributed by atoms with E-state index >= 15 is 0 Å². The molecule has 0 amide bonds. The quantitative estimate of drug-likeness (QED) is 0.794. The minimum atomic E-state index is -0.304. The van der Waals surface area contributed by atoms with E-state index in [0.29, 0.717) is 5.05 Å².